The quantitative estimate of drug-likeness (QED) is 0.153. The molecule has 0 aliphatic rings. The summed E-state index contributed by atoms with van der Waals surface area (Å²) < 4.78 is 0. The zero-order valence-corrected chi connectivity index (χ0v) is 11.5. The topological polar surface area (TPSA) is 167 Å². The summed E-state index contributed by atoms with van der Waals surface area (Å²) in [7, 11) is 0. The van der Waals surface area contributed by atoms with Crippen LogP contribution >= 0.6 is 0 Å². The summed E-state index contributed by atoms with van der Waals surface area (Å²) in [5.41, 5.74) is 16.7. The lowest BCUT2D eigenvalue weighted by Gasteiger charge is -2.14. The van der Waals surface area contributed by atoms with Gasteiger partial charge in [-0.1, -0.05) is 0 Å². The highest BCUT2D eigenvalue weighted by Crippen LogP contribution is 2.11. The highest BCUT2D eigenvalue weighted by atomic mass is 16.8. The summed E-state index contributed by atoms with van der Waals surface area (Å²) in [5, 5.41) is 21.1. The summed E-state index contributed by atoms with van der Waals surface area (Å²) in [6.07, 6.45) is 1.03. The fourth-order valence-electron chi connectivity index (χ4n) is 1.58. The second kappa shape index (κ2) is 8.17. The van der Waals surface area contributed by atoms with E-state index in [9.17, 15) is 10.0 Å². The first-order valence-corrected chi connectivity index (χ1v) is 6.35. The van der Waals surface area contributed by atoms with Crippen LogP contribution in [0, 0.1) is 5.21 Å². The molecule has 0 heterocycles. The van der Waals surface area contributed by atoms with Gasteiger partial charge in [-0.2, -0.15) is 5.23 Å². The Bertz CT molecular complexity index is 484. The number of carbonyl (C=O) groups excluding carboxylic acids is 1. The molecule has 9 heteroatoms. The second-order valence-electron chi connectivity index (χ2n) is 4.43. The fraction of sp³-hybridized carbons (Fsp3) is 0.333. The Morgan fingerprint density at radius 1 is 1.38 bits per heavy atom. The van der Waals surface area contributed by atoms with Crippen molar-refractivity contribution in [2.75, 3.05) is 11.9 Å². The maximum Gasteiger partial charge on any atom is 0.241 e. The number of nitrogens with two attached hydrogens (primary N) is 3. The van der Waals surface area contributed by atoms with E-state index in [0.29, 0.717) is 25.1 Å². The molecule has 1 aromatic rings. The minimum Gasteiger partial charge on any atom is -0.595 e. The molecule has 0 aliphatic heterocycles. The van der Waals surface area contributed by atoms with Crippen LogP contribution in [-0.2, 0) is 4.79 Å². The fourth-order valence-corrected chi connectivity index (χ4v) is 1.58. The number of hydrogen-bond acceptors (Lipinski definition) is 5. The highest BCUT2D eigenvalue weighted by molar-refractivity contribution is 5.94. The van der Waals surface area contributed by atoms with Crippen molar-refractivity contribution in [3.8, 4) is 0 Å². The van der Waals surface area contributed by atoms with Crippen LogP contribution in [-0.4, -0.2) is 29.7 Å². The van der Waals surface area contributed by atoms with Crippen molar-refractivity contribution in [3.63, 3.8) is 0 Å². The van der Waals surface area contributed by atoms with Crippen LogP contribution in [0.4, 0.5) is 11.4 Å². The van der Waals surface area contributed by atoms with Crippen molar-refractivity contribution in [2.24, 2.45) is 22.2 Å². The minimum atomic E-state index is -1.02. The SMILES string of the molecule is NC(N)=NCCC[C@@H](N)C(=O)Nc1ccc([NH+]([O-])O)cc1. The van der Waals surface area contributed by atoms with Crippen molar-refractivity contribution < 1.29 is 15.2 Å². The van der Waals surface area contributed by atoms with Gasteiger partial charge in [0.25, 0.3) is 0 Å². The average molecular weight is 296 g/mol. The molecule has 0 saturated heterocycles. The number of anilines is 1. The van der Waals surface area contributed by atoms with Crippen molar-refractivity contribution in [3.05, 3.63) is 29.5 Å². The number of hydrogen-bond donors (Lipinski definition) is 6. The molecule has 1 unspecified atom stereocenters. The number of aliphatic imine (C=N–C) groups is 1. The Morgan fingerprint density at radius 2 is 2.00 bits per heavy atom. The van der Waals surface area contributed by atoms with Gasteiger partial charge in [0.05, 0.1) is 6.04 Å². The molecule has 2 atom stereocenters. The minimum absolute atomic E-state index is 0.00606. The third kappa shape index (κ3) is 6.19. The van der Waals surface area contributed by atoms with E-state index in [1.165, 1.54) is 24.3 Å². The van der Waals surface area contributed by atoms with Gasteiger partial charge in [0, 0.05) is 24.4 Å². The first kappa shape index (κ1) is 16.9. The number of nitrogens with zero attached hydrogens (tertiary/aromatic N) is 1. The zero-order chi connectivity index (χ0) is 15.8. The molecule has 0 saturated carbocycles. The summed E-state index contributed by atoms with van der Waals surface area (Å²) >= 11 is 0. The molecule has 9 N–H and O–H groups in total. The predicted molar refractivity (Wildman–Crippen MR) is 78.7 cm³/mol. The summed E-state index contributed by atoms with van der Waals surface area (Å²) in [4.78, 5) is 15.6. The standard InChI is InChI=1S/C12H20N6O3/c13-10(2-1-7-16-12(14)15)11(19)17-8-3-5-9(6-4-8)18(20)21/h3-6,10,18,20H,1-2,7,13H2,(H,17,19)(H4,14,15,16)/t10-/m1/s1. The Kier molecular flexibility index (Phi) is 6.56. The van der Waals surface area contributed by atoms with Crippen LogP contribution in [0.2, 0.25) is 0 Å². The first-order valence-electron chi connectivity index (χ1n) is 6.35. The van der Waals surface area contributed by atoms with E-state index in [0.717, 1.165) is 0 Å². The Balaban J connectivity index is 2.43. The number of benzene rings is 1. The highest BCUT2D eigenvalue weighted by Gasteiger charge is 2.13. The molecule has 21 heavy (non-hydrogen) atoms. The number of carbonyl (C=O) groups is 1. The molecule has 9 nitrogen and oxygen atoms in total. The van der Waals surface area contributed by atoms with Crippen molar-refractivity contribution in [1.29, 1.82) is 0 Å². The molecule has 1 rings (SSSR count). The largest absolute Gasteiger partial charge is 0.595 e. The van der Waals surface area contributed by atoms with E-state index in [-0.39, 0.29) is 17.6 Å². The van der Waals surface area contributed by atoms with Gasteiger partial charge in [-0.3, -0.25) is 9.79 Å². The van der Waals surface area contributed by atoms with Crippen LogP contribution in [0.15, 0.2) is 29.3 Å². The molecule has 0 fully saturated rings. The van der Waals surface area contributed by atoms with Crippen molar-refractivity contribution in [2.45, 2.75) is 18.9 Å². The van der Waals surface area contributed by atoms with Gasteiger partial charge in [0.1, 0.15) is 0 Å². The molecule has 1 aromatic carbocycles. The molecule has 0 spiro atoms. The maximum atomic E-state index is 11.8. The first-order chi connectivity index (χ1) is 9.90. The van der Waals surface area contributed by atoms with Crippen molar-refractivity contribution >= 4 is 23.2 Å². The van der Waals surface area contributed by atoms with Gasteiger partial charge >= 0.3 is 0 Å². The third-order valence-electron chi connectivity index (χ3n) is 2.70. The zero-order valence-electron chi connectivity index (χ0n) is 11.5. The number of quaternary nitrogens is 1. The van der Waals surface area contributed by atoms with Crippen molar-refractivity contribution in [1.82, 2.24) is 0 Å². The van der Waals surface area contributed by atoms with E-state index in [1.54, 1.807) is 0 Å². The second-order valence-corrected chi connectivity index (χ2v) is 4.43. The Labute approximate surface area is 122 Å². The molecule has 116 valence electrons. The number of guanidine groups is 1. The van der Waals surface area contributed by atoms with Gasteiger partial charge in [-0.25, -0.2) is 5.21 Å². The monoisotopic (exact) mass is 296 g/mol. The van der Waals surface area contributed by atoms with Crippen LogP contribution in [0.25, 0.3) is 0 Å². The Morgan fingerprint density at radius 3 is 2.52 bits per heavy atom. The smallest absolute Gasteiger partial charge is 0.241 e. The summed E-state index contributed by atoms with van der Waals surface area (Å²) in [5.74, 6) is -0.339. The van der Waals surface area contributed by atoms with Gasteiger partial charge in [-0.05, 0) is 25.0 Å². The van der Waals surface area contributed by atoms with Gasteiger partial charge in [-0.15, -0.1) is 0 Å². The van der Waals surface area contributed by atoms with Gasteiger partial charge in [0.2, 0.25) is 5.91 Å². The Hall–Kier alpha value is -2.20. The van der Waals surface area contributed by atoms with Crippen LogP contribution < -0.4 is 27.7 Å². The molecule has 0 radical (unpaired) electrons. The molecule has 0 aromatic heterocycles. The van der Waals surface area contributed by atoms with Crippen LogP contribution in [0.3, 0.4) is 0 Å². The number of rotatable bonds is 7. The van der Waals surface area contributed by atoms with Gasteiger partial charge < -0.3 is 27.7 Å². The molecule has 0 aliphatic carbocycles. The molecule has 0 bridgehead atoms. The summed E-state index contributed by atoms with van der Waals surface area (Å²) in [6.45, 7) is 0.413. The lowest BCUT2D eigenvalue weighted by atomic mass is 10.1. The number of nitrogens with one attached hydrogen (secondary N) is 2. The molecular formula is C12H20N6O3. The van der Waals surface area contributed by atoms with Crippen LogP contribution in [0.1, 0.15) is 12.8 Å². The number of amides is 1. The normalized spacial score (nSPS) is 13.3. The summed E-state index contributed by atoms with van der Waals surface area (Å²) in [6, 6.07) is 5.14. The average Bonchev–Trinajstić information content (AvgIpc) is 2.43. The van der Waals surface area contributed by atoms with Gasteiger partial charge in [0.15, 0.2) is 11.6 Å². The third-order valence-corrected chi connectivity index (χ3v) is 2.70. The molecular weight excluding hydrogens is 276 g/mol. The van der Waals surface area contributed by atoms with E-state index >= 15 is 0 Å². The predicted octanol–water partition coefficient (Wildman–Crippen LogP) is -1.59. The van der Waals surface area contributed by atoms with E-state index in [2.05, 4.69) is 10.3 Å². The lowest BCUT2D eigenvalue weighted by Crippen LogP contribution is -2.99. The maximum absolute atomic E-state index is 11.8. The van der Waals surface area contributed by atoms with E-state index in [1.807, 2.05) is 0 Å². The van der Waals surface area contributed by atoms with E-state index < -0.39 is 11.3 Å². The lowest BCUT2D eigenvalue weighted by molar-refractivity contribution is -0.991. The molecule has 1 amide bonds. The van der Waals surface area contributed by atoms with E-state index in [4.69, 9.17) is 22.4 Å². The van der Waals surface area contributed by atoms with Crippen LogP contribution in [0.5, 0.6) is 0 Å².